The Morgan fingerprint density at radius 3 is 2.50 bits per heavy atom. The molecule has 0 fully saturated rings. The molecule has 0 N–H and O–H groups in total. The third-order valence-electron chi connectivity index (χ3n) is 3.62. The Morgan fingerprint density at radius 2 is 1.88 bits per heavy atom. The second kappa shape index (κ2) is 6.97. The van der Waals surface area contributed by atoms with Crippen LogP contribution in [0.1, 0.15) is 21.7 Å². The smallest absolute Gasteiger partial charge is 0.257 e. The van der Waals surface area contributed by atoms with Crippen molar-refractivity contribution in [2.24, 2.45) is 0 Å². The van der Waals surface area contributed by atoms with Gasteiger partial charge in [-0.1, -0.05) is 39.3 Å². The standard InChI is InChI=1S/C18H16BrN3O2/c1-12-20-17(24-21-12)13-7-9-14(10-8-13)18(23)22(2)11-15-5-3-4-6-16(15)19/h3-10H,11H2,1-2H3. The Morgan fingerprint density at radius 1 is 1.17 bits per heavy atom. The summed E-state index contributed by atoms with van der Waals surface area (Å²) < 4.78 is 6.12. The third-order valence-corrected chi connectivity index (χ3v) is 4.39. The van der Waals surface area contributed by atoms with Gasteiger partial charge in [-0.15, -0.1) is 0 Å². The number of aryl methyl sites for hydroxylation is 1. The number of carbonyl (C=O) groups is 1. The maximum Gasteiger partial charge on any atom is 0.257 e. The van der Waals surface area contributed by atoms with Crippen molar-refractivity contribution in [3.8, 4) is 11.5 Å². The summed E-state index contributed by atoms with van der Waals surface area (Å²) in [7, 11) is 1.79. The summed E-state index contributed by atoms with van der Waals surface area (Å²) in [5.74, 6) is 0.991. The summed E-state index contributed by atoms with van der Waals surface area (Å²) in [6, 6.07) is 15.0. The number of hydrogen-bond acceptors (Lipinski definition) is 4. The lowest BCUT2D eigenvalue weighted by Gasteiger charge is -2.18. The summed E-state index contributed by atoms with van der Waals surface area (Å²) in [5, 5.41) is 3.77. The van der Waals surface area contributed by atoms with E-state index < -0.39 is 0 Å². The van der Waals surface area contributed by atoms with Crippen LogP contribution in [0.15, 0.2) is 57.5 Å². The second-order valence-corrected chi connectivity index (χ2v) is 6.33. The van der Waals surface area contributed by atoms with Crippen molar-refractivity contribution in [3.63, 3.8) is 0 Å². The lowest BCUT2D eigenvalue weighted by molar-refractivity contribution is 0.0785. The number of aromatic nitrogens is 2. The first-order chi connectivity index (χ1) is 11.5. The molecule has 5 nitrogen and oxygen atoms in total. The molecule has 0 aliphatic rings. The van der Waals surface area contributed by atoms with Gasteiger partial charge < -0.3 is 9.42 Å². The van der Waals surface area contributed by atoms with Crippen molar-refractivity contribution >= 4 is 21.8 Å². The van der Waals surface area contributed by atoms with Crippen LogP contribution in [0.5, 0.6) is 0 Å². The minimum Gasteiger partial charge on any atom is -0.337 e. The van der Waals surface area contributed by atoms with E-state index in [1.807, 2.05) is 36.4 Å². The van der Waals surface area contributed by atoms with Gasteiger partial charge in [0.25, 0.3) is 11.8 Å². The van der Waals surface area contributed by atoms with Crippen LogP contribution in [0.25, 0.3) is 11.5 Å². The Bertz CT molecular complexity index is 859. The number of nitrogens with zero attached hydrogens (tertiary/aromatic N) is 3. The quantitative estimate of drug-likeness (QED) is 0.678. The highest BCUT2D eigenvalue weighted by atomic mass is 79.9. The number of amides is 1. The highest BCUT2D eigenvalue weighted by Crippen LogP contribution is 2.20. The molecule has 0 aliphatic carbocycles. The normalized spacial score (nSPS) is 10.6. The molecule has 0 spiro atoms. The molecular formula is C18H16BrN3O2. The van der Waals surface area contributed by atoms with Gasteiger partial charge in [0.05, 0.1) is 0 Å². The van der Waals surface area contributed by atoms with Crippen LogP contribution >= 0.6 is 15.9 Å². The SMILES string of the molecule is Cc1noc(-c2ccc(C(=O)N(C)Cc3ccccc3Br)cc2)n1. The fraction of sp³-hybridized carbons (Fsp3) is 0.167. The van der Waals surface area contributed by atoms with Gasteiger partial charge in [0.15, 0.2) is 5.82 Å². The van der Waals surface area contributed by atoms with E-state index in [9.17, 15) is 4.79 Å². The lowest BCUT2D eigenvalue weighted by Crippen LogP contribution is -2.26. The van der Waals surface area contributed by atoms with Crippen LogP contribution in [0.2, 0.25) is 0 Å². The van der Waals surface area contributed by atoms with Crippen LogP contribution in [-0.2, 0) is 6.54 Å². The van der Waals surface area contributed by atoms with Crippen molar-refractivity contribution in [2.75, 3.05) is 7.05 Å². The Hall–Kier alpha value is -2.47. The van der Waals surface area contributed by atoms with Crippen LogP contribution in [0, 0.1) is 6.92 Å². The lowest BCUT2D eigenvalue weighted by atomic mass is 10.1. The molecule has 1 heterocycles. The zero-order valence-corrected chi connectivity index (χ0v) is 14.9. The van der Waals surface area contributed by atoms with E-state index >= 15 is 0 Å². The summed E-state index contributed by atoms with van der Waals surface area (Å²) in [5.41, 5.74) is 2.47. The minimum atomic E-state index is -0.0426. The molecule has 3 rings (SSSR count). The first-order valence-electron chi connectivity index (χ1n) is 7.44. The Kier molecular flexibility index (Phi) is 4.76. The van der Waals surface area contributed by atoms with Crippen LogP contribution in [-0.4, -0.2) is 28.0 Å². The largest absolute Gasteiger partial charge is 0.337 e. The molecule has 0 unspecified atom stereocenters. The van der Waals surface area contributed by atoms with E-state index in [1.165, 1.54) is 0 Å². The minimum absolute atomic E-state index is 0.0426. The monoisotopic (exact) mass is 385 g/mol. The van der Waals surface area contributed by atoms with Gasteiger partial charge in [-0.3, -0.25) is 4.79 Å². The van der Waals surface area contributed by atoms with Crippen LogP contribution in [0.4, 0.5) is 0 Å². The second-order valence-electron chi connectivity index (χ2n) is 5.48. The zero-order chi connectivity index (χ0) is 17.1. The van der Waals surface area contributed by atoms with Crippen LogP contribution < -0.4 is 0 Å². The molecule has 2 aromatic carbocycles. The predicted molar refractivity (Wildman–Crippen MR) is 94.4 cm³/mol. The molecule has 0 aliphatic heterocycles. The maximum atomic E-state index is 12.6. The highest BCUT2D eigenvalue weighted by Gasteiger charge is 2.14. The average Bonchev–Trinajstić information content (AvgIpc) is 3.03. The molecule has 0 bridgehead atoms. The van der Waals surface area contributed by atoms with E-state index in [0.29, 0.717) is 23.8 Å². The molecule has 1 amide bonds. The summed E-state index contributed by atoms with van der Waals surface area (Å²) in [6.07, 6.45) is 0. The predicted octanol–water partition coefficient (Wildman–Crippen LogP) is 4.08. The van der Waals surface area contributed by atoms with E-state index in [1.54, 1.807) is 31.0 Å². The van der Waals surface area contributed by atoms with Crippen LogP contribution in [0.3, 0.4) is 0 Å². The van der Waals surface area contributed by atoms with Gasteiger partial charge in [0.1, 0.15) is 0 Å². The Balaban J connectivity index is 1.74. The highest BCUT2D eigenvalue weighted by molar-refractivity contribution is 9.10. The molecule has 3 aromatic rings. The zero-order valence-electron chi connectivity index (χ0n) is 13.4. The van der Waals surface area contributed by atoms with E-state index in [0.717, 1.165) is 15.6 Å². The molecule has 0 saturated heterocycles. The van der Waals surface area contributed by atoms with Gasteiger partial charge in [0.2, 0.25) is 0 Å². The van der Waals surface area contributed by atoms with Gasteiger partial charge >= 0.3 is 0 Å². The van der Waals surface area contributed by atoms with E-state index in [-0.39, 0.29) is 5.91 Å². The molecular weight excluding hydrogens is 370 g/mol. The molecule has 0 saturated carbocycles. The first kappa shape index (κ1) is 16.4. The maximum absolute atomic E-state index is 12.6. The topological polar surface area (TPSA) is 59.2 Å². The first-order valence-corrected chi connectivity index (χ1v) is 8.23. The third kappa shape index (κ3) is 3.54. The van der Waals surface area contributed by atoms with E-state index in [4.69, 9.17) is 4.52 Å². The van der Waals surface area contributed by atoms with Crippen molar-refractivity contribution in [1.82, 2.24) is 15.0 Å². The number of benzene rings is 2. The summed E-state index contributed by atoms with van der Waals surface area (Å²) >= 11 is 3.51. The molecule has 0 atom stereocenters. The van der Waals surface area contributed by atoms with Crippen molar-refractivity contribution in [3.05, 3.63) is 70.0 Å². The summed E-state index contributed by atoms with van der Waals surface area (Å²) in [4.78, 5) is 18.4. The van der Waals surface area contributed by atoms with E-state index in [2.05, 4.69) is 26.1 Å². The summed E-state index contributed by atoms with van der Waals surface area (Å²) in [6.45, 7) is 2.30. The number of halogens is 1. The Labute approximate surface area is 148 Å². The van der Waals surface area contributed by atoms with Gasteiger partial charge in [-0.25, -0.2) is 0 Å². The van der Waals surface area contributed by atoms with Gasteiger partial charge in [0, 0.05) is 29.2 Å². The number of rotatable bonds is 4. The van der Waals surface area contributed by atoms with Gasteiger partial charge in [-0.05, 0) is 42.8 Å². The average molecular weight is 386 g/mol. The van der Waals surface area contributed by atoms with Crippen molar-refractivity contribution in [1.29, 1.82) is 0 Å². The van der Waals surface area contributed by atoms with Crippen molar-refractivity contribution < 1.29 is 9.32 Å². The molecule has 122 valence electrons. The van der Waals surface area contributed by atoms with Crippen molar-refractivity contribution in [2.45, 2.75) is 13.5 Å². The molecule has 6 heteroatoms. The molecule has 0 radical (unpaired) electrons. The molecule has 24 heavy (non-hydrogen) atoms. The number of carbonyl (C=O) groups excluding carboxylic acids is 1. The molecule has 1 aromatic heterocycles. The van der Waals surface area contributed by atoms with Gasteiger partial charge in [-0.2, -0.15) is 4.98 Å². The fourth-order valence-electron chi connectivity index (χ4n) is 2.34. The fourth-order valence-corrected chi connectivity index (χ4v) is 2.75. The number of hydrogen-bond donors (Lipinski definition) is 0.